The maximum Gasteiger partial charge on any atom is 0.332 e. The van der Waals surface area contributed by atoms with Gasteiger partial charge in [-0.1, -0.05) is 5.92 Å². The molecule has 0 aromatic carbocycles. The van der Waals surface area contributed by atoms with Crippen molar-refractivity contribution >= 4 is 11.9 Å². The average Bonchev–Trinajstić information content (AvgIpc) is 2.04. The smallest absolute Gasteiger partial charge is 0.332 e. The first-order valence-corrected chi connectivity index (χ1v) is 3.43. The summed E-state index contributed by atoms with van der Waals surface area (Å²) in [6, 6.07) is 0. The van der Waals surface area contributed by atoms with Gasteiger partial charge in [-0.25, -0.2) is 10.3 Å². The van der Waals surface area contributed by atoms with Crippen LogP contribution in [0.4, 0.5) is 0 Å². The van der Waals surface area contributed by atoms with Crippen LogP contribution in [0.2, 0.25) is 0 Å². The Morgan fingerprint density at radius 1 is 1.54 bits per heavy atom. The monoisotopic (exact) mass is 186 g/mol. The predicted molar refractivity (Wildman–Crippen MR) is 43.4 cm³/mol. The SMILES string of the molecule is C#CCNCC(=O)NOCC(=O)O. The standard InChI is InChI=1S/C7H10N2O4/c1-2-3-8-4-6(10)9-13-5-7(11)12/h1,8H,3-5H2,(H,9,10)(H,11,12). The number of carboxylic acids is 1. The highest BCUT2D eigenvalue weighted by atomic mass is 16.7. The number of hydrogen-bond donors (Lipinski definition) is 3. The summed E-state index contributed by atoms with van der Waals surface area (Å²) in [6.45, 7) is -0.308. The first-order chi connectivity index (χ1) is 6.16. The number of terminal acetylenes is 1. The number of amides is 1. The Hall–Kier alpha value is -1.58. The zero-order valence-electron chi connectivity index (χ0n) is 6.87. The molecule has 0 rings (SSSR count). The number of aliphatic carboxylic acids is 1. The predicted octanol–water partition coefficient (Wildman–Crippen LogP) is -1.66. The lowest BCUT2D eigenvalue weighted by Gasteiger charge is -2.02. The van der Waals surface area contributed by atoms with Crippen LogP contribution in [0.1, 0.15) is 0 Å². The topological polar surface area (TPSA) is 87.7 Å². The highest BCUT2D eigenvalue weighted by Crippen LogP contribution is 1.69. The van der Waals surface area contributed by atoms with Gasteiger partial charge in [0.05, 0.1) is 13.1 Å². The summed E-state index contributed by atoms with van der Waals surface area (Å²) >= 11 is 0. The minimum absolute atomic E-state index is 0.0101. The van der Waals surface area contributed by atoms with E-state index < -0.39 is 18.5 Å². The first-order valence-electron chi connectivity index (χ1n) is 3.43. The molecule has 0 heterocycles. The van der Waals surface area contributed by atoms with Crippen molar-refractivity contribution in [3.05, 3.63) is 0 Å². The molecule has 0 radical (unpaired) electrons. The van der Waals surface area contributed by atoms with Crippen molar-refractivity contribution in [2.75, 3.05) is 19.7 Å². The van der Waals surface area contributed by atoms with Crippen LogP contribution in [0.15, 0.2) is 0 Å². The molecule has 72 valence electrons. The molecule has 6 nitrogen and oxygen atoms in total. The number of carboxylic acid groups (broad SMARTS) is 1. The molecule has 0 aliphatic rings. The zero-order chi connectivity index (χ0) is 10.1. The Morgan fingerprint density at radius 3 is 2.77 bits per heavy atom. The van der Waals surface area contributed by atoms with Crippen molar-refractivity contribution in [1.29, 1.82) is 0 Å². The van der Waals surface area contributed by atoms with Crippen molar-refractivity contribution in [3.63, 3.8) is 0 Å². The van der Waals surface area contributed by atoms with Crippen LogP contribution in [-0.2, 0) is 14.4 Å². The zero-order valence-corrected chi connectivity index (χ0v) is 6.87. The van der Waals surface area contributed by atoms with Crippen LogP contribution in [-0.4, -0.2) is 36.7 Å². The average molecular weight is 186 g/mol. The van der Waals surface area contributed by atoms with E-state index in [9.17, 15) is 9.59 Å². The van der Waals surface area contributed by atoms with Crippen LogP contribution in [0.5, 0.6) is 0 Å². The third-order valence-corrected chi connectivity index (χ3v) is 0.894. The minimum Gasteiger partial charge on any atom is -0.479 e. The normalized spacial score (nSPS) is 8.85. The van der Waals surface area contributed by atoms with Crippen molar-refractivity contribution < 1.29 is 19.5 Å². The van der Waals surface area contributed by atoms with Crippen LogP contribution >= 0.6 is 0 Å². The van der Waals surface area contributed by atoms with E-state index in [0.29, 0.717) is 0 Å². The molecule has 0 aliphatic carbocycles. The van der Waals surface area contributed by atoms with Crippen molar-refractivity contribution in [1.82, 2.24) is 10.8 Å². The summed E-state index contributed by atoms with van der Waals surface area (Å²) in [5.74, 6) is 0.640. The number of rotatable bonds is 6. The van der Waals surface area contributed by atoms with E-state index in [1.807, 2.05) is 5.48 Å². The van der Waals surface area contributed by atoms with Gasteiger partial charge in [0.25, 0.3) is 5.91 Å². The summed E-state index contributed by atoms with van der Waals surface area (Å²) in [5.41, 5.74) is 1.92. The summed E-state index contributed by atoms with van der Waals surface area (Å²) in [7, 11) is 0. The van der Waals surface area contributed by atoms with E-state index in [-0.39, 0.29) is 13.1 Å². The molecule has 0 fully saturated rings. The Kier molecular flexibility index (Phi) is 6.23. The van der Waals surface area contributed by atoms with Crippen molar-refractivity contribution in [3.8, 4) is 12.3 Å². The molecule has 3 N–H and O–H groups in total. The molecule has 0 saturated heterocycles. The lowest BCUT2D eigenvalue weighted by Crippen LogP contribution is -2.35. The third-order valence-electron chi connectivity index (χ3n) is 0.894. The van der Waals surface area contributed by atoms with Gasteiger partial charge in [0.2, 0.25) is 0 Å². The number of carbonyl (C=O) groups excluding carboxylic acids is 1. The molecule has 0 spiro atoms. The molecular weight excluding hydrogens is 176 g/mol. The molecule has 0 saturated carbocycles. The number of nitrogens with one attached hydrogen (secondary N) is 2. The third kappa shape index (κ3) is 8.33. The molecule has 0 unspecified atom stereocenters. The van der Waals surface area contributed by atoms with Gasteiger partial charge >= 0.3 is 5.97 Å². The summed E-state index contributed by atoms with van der Waals surface area (Å²) in [5, 5.41) is 10.7. The Balaban J connectivity index is 3.31. The number of hydroxylamine groups is 1. The van der Waals surface area contributed by atoms with Crippen LogP contribution in [0, 0.1) is 12.3 Å². The number of hydrogen-bond acceptors (Lipinski definition) is 4. The van der Waals surface area contributed by atoms with Crippen LogP contribution in [0.3, 0.4) is 0 Å². The maximum atomic E-state index is 10.7. The van der Waals surface area contributed by atoms with Crippen LogP contribution < -0.4 is 10.8 Å². The number of carbonyl (C=O) groups is 2. The molecule has 13 heavy (non-hydrogen) atoms. The van der Waals surface area contributed by atoms with E-state index in [1.54, 1.807) is 0 Å². The molecule has 6 heteroatoms. The maximum absolute atomic E-state index is 10.7. The lowest BCUT2D eigenvalue weighted by molar-refractivity contribution is -0.148. The quantitative estimate of drug-likeness (QED) is 0.262. The van der Waals surface area contributed by atoms with Gasteiger partial charge in [-0.2, -0.15) is 0 Å². The summed E-state index contributed by atoms with van der Waals surface area (Å²) < 4.78 is 0. The molecule has 0 atom stereocenters. The van der Waals surface area contributed by atoms with Gasteiger partial charge in [-0.05, 0) is 0 Å². The van der Waals surface area contributed by atoms with Crippen molar-refractivity contribution in [2.24, 2.45) is 0 Å². The Morgan fingerprint density at radius 2 is 2.23 bits per heavy atom. The van der Waals surface area contributed by atoms with E-state index in [2.05, 4.69) is 16.1 Å². The second kappa shape index (κ2) is 7.09. The molecule has 0 aromatic heterocycles. The molecular formula is C7H10N2O4. The highest BCUT2D eigenvalue weighted by Gasteiger charge is 2.01. The van der Waals surface area contributed by atoms with Gasteiger partial charge in [0, 0.05) is 0 Å². The largest absolute Gasteiger partial charge is 0.479 e. The van der Waals surface area contributed by atoms with Crippen LogP contribution in [0.25, 0.3) is 0 Å². The Labute approximate surface area is 75.2 Å². The van der Waals surface area contributed by atoms with Crippen molar-refractivity contribution in [2.45, 2.75) is 0 Å². The second-order valence-corrected chi connectivity index (χ2v) is 2.02. The van der Waals surface area contributed by atoms with E-state index in [4.69, 9.17) is 11.5 Å². The minimum atomic E-state index is -1.16. The summed E-state index contributed by atoms with van der Waals surface area (Å²) in [6.07, 6.45) is 4.90. The molecule has 0 aliphatic heterocycles. The van der Waals surface area contributed by atoms with Gasteiger partial charge in [0.15, 0.2) is 6.61 Å². The molecule has 1 amide bonds. The fraction of sp³-hybridized carbons (Fsp3) is 0.429. The molecule has 0 bridgehead atoms. The van der Waals surface area contributed by atoms with Gasteiger partial charge in [-0.3, -0.25) is 14.9 Å². The van der Waals surface area contributed by atoms with E-state index in [1.165, 1.54) is 0 Å². The van der Waals surface area contributed by atoms with E-state index >= 15 is 0 Å². The highest BCUT2D eigenvalue weighted by molar-refractivity contribution is 5.77. The van der Waals surface area contributed by atoms with Gasteiger partial charge in [0.1, 0.15) is 0 Å². The lowest BCUT2D eigenvalue weighted by atomic mass is 10.5. The fourth-order valence-corrected chi connectivity index (χ4v) is 0.463. The fourth-order valence-electron chi connectivity index (χ4n) is 0.463. The van der Waals surface area contributed by atoms with Gasteiger partial charge in [-0.15, -0.1) is 6.42 Å². The first kappa shape index (κ1) is 11.4. The Bertz CT molecular complexity index is 221. The molecule has 0 aromatic rings. The summed E-state index contributed by atoms with van der Waals surface area (Å²) in [4.78, 5) is 25.0. The second-order valence-electron chi connectivity index (χ2n) is 2.02. The van der Waals surface area contributed by atoms with Gasteiger partial charge < -0.3 is 5.11 Å². The van der Waals surface area contributed by atoms with E-state index in [0.717, 1.165) is 0 Å².